The van der Waals surface area contributed by atoms with Crippen LogP contribution in [0.15, 0.2) is 24.3 Å². The van der Waals surface area contributed by atoms with Gasteiger partial charge < -0.3 is 15.3 Å². The maximum atomic E-state index is 12.3. The molecule has 122 valence electrons. The maximum Gasteiger partial charge on any atom is 0.317 e. The van der Waals surface area contributed by atoms with Gasteiger partial charge in [0.2, 0.25) is 0 Å². The van der Waals surface area contributed by atoms with Gasteiger partial charge in [-0.2, -0.15) is 0 Å². The van der Waals surface area contributed by atoms with Gasteiger partial charge in [-0.05, 0) is 36.8 Å². The molecule has 2 N–H and O–H groups in total. The highest BCUT2D eigenvalue weighted by Crippen LogP contribution is 2.25. The first-order chi connectivity index (χ1) is 10.4. The highest BCUT2D eigenvalue weighted by atomic mass is 16.3. The third-order valence-electron chi connectivity index (χ3n) is 4.72. The van der Waals surface area contributed by atoms with E-state index in [-0.39, 0.29) is 18.1 Å². The average molecular weight is 304 g/mol. The summed E-state index contributed by atoms with van der Waals surface area (Å²) in [6.07, 6.45) is 1.79. The van der Waals surface area contributed by atoms with Crippen molar-refractivity contribution >= 4 is 6.03 Å². The van der Waals surface area contributed by atoms with Crippen molar-refractivity contribution in [2.75, 3.05) is 26.2 Å². The van der Waals surface area contributed by atoms with Crippen molar-refractivity contribution in [3.05, 3.63) is 35.4 Å². The van der Waals surface area contributed by atoms with Crippen LogP contribution in [0, 0.1) is 12.8 Å². The van der Waals surface area contributed by atoms with Crippen LogP contribution < -0.4 is 5.32 Å². The fraction of sp³-hybridized carbons (Fsp3) is 0.611. The fourth-order valence-electron chi connectivity index (χ4n) is 3.15. The second kappa shape index (κ2) is 7.14. The Morgan fingerprint density at radius 3 is 2.55 bits per heavy atom. The fourth-order valence-corrected chi connectivity index (χ4v) is 3.15. The molecule has 0 bridgehead atoms. The number of carbonyl (C=O) groups is 1. The van der Waals surface area contributed by atoms with Crippen LogP contribution in [-0.2, 0) is 5.41 Å². The number of aliphatic hydroxyl groups excluding tert-OH is 1. The summed E-state index contributed by atoms with van der Waals surface area (Å²) in [5.74, 6) is 0.354. The van der Waals surface area contributed by atoms with E-state index < -0.39 is 0 Å². The van der Waals surface area contributed by atoms with Gasteiger partial charge in [0.25, 0.3) is 0 Å². The van der Waals surface area contributed by atoms with Gasteiger partial charge in [0.1, 0.15) is 0 Å². The zero-order valence-corrected chi connectivity index (χ0v) is 13.9. The lowest BCUT2D eigenvalue weighted by molar-refractivity contribution is 0.136. The number of rotatable bonds is 4. The third-order valence-corrected chi connectivity index (χ3v) is 4.72. The van der Waals surface area contributed by atoms with Gasteiger partial charge in [0.15, 0.2) is 0 Å². The predicted octanol–water partition coefficient (Wildman–Crippen LogP) is 2.69. The predicted molar refractivity (Wildman–Crippen MR) is 89.0 cm³/mol. The summed E-state index contributed by atoms with van der Waals surface area (Å²) in [7, 11) is 0. The van der Waals surface area contributed by atoms with Crippen molar-refractivity contribution in [1.29, 1.82) is 0 Å². The van der Waals surface area contributed by atoms with E-state index in [0.29, 0.717) is 12.5 Å². The molecule has 0 spiro atoms. The number of aryl methyl sites for hydroxylation is 1. The molecule has 0 atom stereocenters. The molecule has 1 aromatic carbocycles. The van der Waals surface area contributed by atoms with Crippen molar-refractivity contribution in [2.45, 2.75) is 39.0 Å². The van der Waals surface area contributed by atoms with E-state index in [1.165, 1.54) is 11.1 Å². The third kappa shape index (κ3) is 4.01. The molecule has 0 aromatic heterocycles. The molecular formula is C18H28N2O2. The van der Waals surface area contributed by atoms with E-state index in [2.05, 4.69) is 38.2 Å². The van der Waals surface area contributed by atoms with Crippen molar-refractivity contribution in [1.82, 2.24) is 10.2 Å². The normalized spacial score (nSPS) is 16.6. The molecule has 0 saturated carbocycles. The number of aliphatic hydroxyl groups is 1. The number of benzene rings is 1. The molecule has 1 saturated heterocycles. The molecule has 1 aromatic rings. The van der Waals surface area contributed by atoms with E-state index in [1.54, 1.807) is 0 Å². The molecule has 1 aliphatic rings. The Labute approximate surface area is 133 Å². The van der Waals surface area contributed by atoms with Crippen molar-refractivity contribution in [3.8, 4) is 0 Å². The molecule has 0 unspecified atom stereocenters. The van der Waals surface area contributed by atoms with E-state index in [1.807, 2.05) is 17.0 Å². The van der Waals surface area contributed by atoms with Crippen LogP contribution in [0.2, 0.25) is 0 Å². The SMILES string of the molecule is Cc1ccccc1C(C)(C)CNC(=O)N1CCC(CO)CC1. The summed E-state index contributed by atoms with van der Waals surface area (Å²) >= 11 is 0. The second-order valence-electron chi connectivity index (χ2n) is 6.97. The van der Waals surface area contributed by atoms with Crippen molar-refractivity contribution in [3.63, 3.8) is 0 Å². The smallest absolute Gasteiger partial charge is 0.317 e. The molecule has 4 heteroatoms. The molecule has 0 aliphatic carbocycles. The average Bonchev–Trinajstić information content (AvgIpc) is 2.53. The summed E-state index contributed by atoms with van der Waals surface area (Å²) in [5.41, 5.74) is 2.43. The van der Waals surface area contributed by atoms with Crippen LogP contribution in [0.25, 0.3) is 0 Å². The Balaban J connectivity index is 1.89. The minimum absolute atomic E-state index is 0.0121. The number of carbonyl (C=O) groups excluding carboxylic acids is 1. The molecule has 4 nitrogen and oxygen atoms in total. The van der Waals surface area contributed by atoms with E-state index in [0.717, 1.165) is 25.9 Å². The molecule has 1 aliphatic heterocycles. The summed E-state index contributed by atoms with van der Waals surface area (Å²) in [5, 5.41) is 12.2. The molecule has 22 heavy (non-hydrogen) atoms. The first-order valence-corrected chi connectivity index (χ1v) is 8.14. The number of amides is 2. The van der Waals surface area contributed by atoms with Gasteiger partial charge >= 0.3 is 6.03 Å². The van der Waals surface area contributed by atoms with Crippen molar-refractivity contribution < 1.29 is 9.90 Å². The van der Waals surface area contributed by atoms with Crippen LogP contribution in [0.3, 0.4) is 0 Å². The van der Waals surface area contributed by atoms with Gasteiger partial charge in [-0.15, -0.1) is 0 Å². The molecule has 2 amide bonds. The number of likely N-dealkylation sites (tertiary alicyclic amines) is 1. The van der Waals surface area contributed by atoms with E-state index >= 15 is 0 Å². The number of hydrogen-bond donors (Lipinski definition) is 2. The van der Waals surface area contributed by atoms with Gasteiger partial charge in [-0.3, -0.25) is 0 Å². The Hall–Kier alpha value is -1.55. The van der Waals surface area contributed by atoms with Gasteiger partial charge in [0, 0.05) is 31.7 Å². The van der Waals surface area contributed by atoms with Crippen LogP contribution >= 0.6 is 0 Å². The van der Waals surface area contributed by atoms with Gasteiger partial charge in [-0.25, -0.2) is 4.79 Å². The van der Waals surface area contributed by atoms with Gasteiger partial charge in [0.05, 0.1) is 0 Å². The van der Waals surface area contributed by atoms with Crippen LogP contribution in [0.1, 0.15) is 37.8 Å². The number of piperidine rings is 1. The number of nitrogens with one attached hydrogen (secondary N) is 1. The highest BCUT2D eigenvalue weighted by Gasteiger charge is 2.26. The molecule has 0 radical (unpaired) electrons. The van der Waals surface area contributed by atoms with Crippen LogP contribution in [0.5, 0.6) is 0 Å². The van der Waals surface area contributed by atoms with Crippen molar-refractivity contribution in [2.24, 2.45) is 5.92 Å². The molecule has 1 fully saturated rings. The number of urea groups is 1. The number of hydrogen-bond acceptors (Lipinski definition) is 2. The topological polar surface area (TPSA) is 52.6 Å². The molecule has 2 rings (SSSR count). The Kier molecular flexibility index (Phi) is 5.46. The lowest BCUT2D eigenvalue weighted by Crippen LogP contribution is -2.48. The summed E-state index contributed by atoms with van der Waals surface area (Å²) in [4.78, 5) is 14.2. The quantitative estimate of drug-likeness (QED) is 0.898. The summed E-state index contributed by atoms with van der Waals surface area (Å²) in [6, 6.07) is 8.34. The first-order valence-electron chi connectivity index (χ1n) is 8.14. The Bertz CT molecular complexity index is 506. The Morgan fingerprint density at radius 2 is 1.95 bits per heavy atom. The van der Waals surface area contributed by atoms with Crippen LogP contribution in [-0.4, -0.2) is 42.3 Å². The summed E-state index contributed by atoms with van der Waals surface area (Å²) in [6.45, 7) is 8.76. The second-order valence-corrected chi connectivity index (χ2v) is 6.97. The first kappa shape index (κ1) is 16.8. The van der Waals surface area contributed by atoms with E-state index in [9.17, 15) is 4.79 Å². The maximum absolute atomic E-state index is 12.3. The zero-order valence-electron chi connectivity index (χ0n) is 13.9. The lowest BCUT2D eigenvalue weighted by Gasteiger charge is -2.33. The molecule has 1 heterocycles. The Morgan fingerprint density at radius 1 is 1.32 bits per heavy atom. The minimum atomic E-state index is -0.0928. The standard InChI is InChI=1S/C18H28N2O2/c1-14-6-4-5-7-16(14)18(2,3)13-19-17(22)20-10-8-15(12-21)9-11-20/h4-7,15,21H,8-13H2,1-3H3,(H,19,22). The minimum Gasteiger partial charge on any atom is -0.396 e. The van der Waals surface area contributed by atoms with E-state index in [4.69, 9.17) is 5.11 Å². The summed E-state index contributed by atoms with van der Waals surface area (Å²) < 4.78 is 0. The monoisotopic (exact) mass is 304 g/mol. The number of nitrogens with zero attached hydrogens (tertiary/aromatic N) is 1. The molecular weight excluding hydrogens is 276 g/mol. The zero-order chi connectivity index (χ0) is 16.2. The lowest BCUT2D eigenvalue weighted by atomic mass is 9.82. The largest absolute Gasteiger partial charge is 0.396 e. The highest BCUT2D eigenvalue weighted by molar-refractivity contribution is 5.74. The van der Waals surface area contributed by atoms with Crippen LogP contribution in [0.4, 0.5) is 4.79 Å². The van der Waals surface area contributed by atoms with Gasteiger partial charge in [-0.1, -0.05) is 38.1 Å².